The quantitative estimate of drug-likeness (QED) is 0.619. The summed E-state index contributed by atoms with van der Waals surface area (Å²) >= 11 is 3.90. The lowest BCUT2D eigenvalue weighted by molar-refractivity contribution is 0.0520. The van der Waals surface area contributed by atoms with E-state index in [-0.39, 0.29) is 22.6 Å². The third-order valence-corrected chi connectivity index (χ3v) is 1.93. The lowest BCUT2D eigenvalue weighted by atomic mass is 10.1. The van der Waals surface area contributed by atoms with Gasteiger partial charge in [-0.15, -0.1) is 12.6 Å². The minimum absolute atomic E-state index is 0.0709. The summed E-state index contributed by atoms with van der Waals surface area (Å²) in [6, 6.07) is 4.11. The van der Waals surface area contributed by atoms with Crippen LogP contribution in [0.3, 0.4) is 0 Å². The first-order valence-corrected chi connectivity index (χ1v) is 4.64. The highest BCUT2D eigenvalue weighted by atomic mass is 32.1. The first-order valence-electron chi connectivity index (χ1n) is 4.19. The van der Waals surface area contributed by atoms with E-state index >= 15 is 0 Å². The van der Waals surface area contributed by atoms with Crippen LogP contribution in [0.5, 0.6) is 0 Å². The first kappa shape index (κ1) is 11.5. The van der Waals surface area contributed by atoms with Crippen molar-refractivity contribution < 1.29 is 13.9 Å². The molecule has 0 saturated carbocycles. The molecule has 0 fully saturated rings. The SMILES string of the molecule is CCOC(=O)c1c(F)cc(S)cc1C#N. The number of thiol groups is 1. The van der Waals surface area contributed by atoms with E-state index < -0.39 is 11.8 Å². The zero-order valence-corrected chi connectivity index (χ0v) is 8.85. The highest BCUT2D eigenvalue weighted by Gasteiger charge is 2.18. The van der Waals surface area contributed by atoms with Gasteiger partial charge in [0, 0.05) is 4.90 Å². The molecule has 3 nitrogen and oxygen atoms in total. The van der Waals surface area contributed by atoms with E-state index in [0.29, 0.717) is 0 Å². The van der Waals surface area contributed by atoms with Crippen molar-refractivity contribution in [3.63, 3.8) is 0 Å². The van der Waals surface area contributed by atoms with Crippen molar-refractivity contribution in [3.05, 3.63) is 29.1 Å². The summed E-state index contributed by atoms with van der Waals surface area (Å²) in [5, 5.41) is 8.73. The zero-order chi connectivity index (χ0) is 11.4. The number of esters is 1. The standard InChI is InChI=1S/C10H8FNO2S/c1-2-14-10(13)9-6(5-12)3-7(15)4-8(9)11/h3-4,15H,2H2,1H3. The van der Waals surface area contributed by atoms with Crippen LogP contribution in [-0.4, -0.2) is 12.6 Å². The highest BCUT2D eigenvalue weighted by Crippen LogP contribution is 2.19. The van der Waals surface area contributed by atoms with E-state index in [2.05, 4.69) is 17.4 Å². The van der Waals surface area contributed by atoms with Crippen molar-refractivity contribution in [2.45, 2.75) is 11.8 Å². The number of nitrogens with zero attached hydrogens (tertiary/aromatic N) is 1. The van der Waals surface area contributed by atoms with Crippen molar-refractivity contribution in [1.82, 2.24) is 0 Å². The molecule has 0 unspecified atom stereocenters. The predicted octanol–water partition coefficient (Wildman–Crippen LogP) is 2.16. The first-order chi connectivity index (χ1) is 7.10. The van der Waals surface area contributed by atoms with Crippen LogP contribution in [0.4, 0.5) is 4.39 Å². The van der Waals surface area contributed by atoms with Gasteiger partial charge in [-0.05, 0) is 19.1 Å². The van der Waals surface area contributed by atoms with E-state index in [1.54, 1.807) is 13.0 Å². The van der Waals surface area contributed by atoms with Gasteiger partial charge in [0.05, 0.1) is 12.2 Å². The van der Waals surface area contributed by atoms with Crippen LogP contribution in [0.1, 0.15) is 22.8 Å². The molecule has 0 aliphatic rings. The van der Waals surface area contributed by atoms with Crippen LogP contribution in [-0.2, 0) is 4.74 Å². The minimum atomic E-state index is -0.833. The van der Waals surface area contributed by atoms with Gasteiger partial charge in [-0.25, -0.2) is 9.18 Å². The molecule has 0 heterocycles. The van der Waals surface area contributed by atoms with Crippen LogP contribution in [0, 0.1) is 17.1 Å². The van der Waals surface area contributed by atoms with Gasteiger partial charge in [-0.2, -0.15) is 5.26 Å². The largest absolute Gasteiger partial charge is 0.462 e. The van der Waals surface area contributed by atoms with Gasteiger partial charge in [-0.1, -0.05) is 0 Å². The van der Waals surface area contributed by atoms with Crippen molar-refractivity contribution >= 4 is 18.6 Å². The Morgan fingerprint density at radius 2 is 2.33 bits per heavy atom. The fraction of sp³-hybridized carbons (Fsp3) is 0.200. The second kappa shape index (κ2) is 4.80. The van der Waals surface area contributed by atoms with E-state index in [1.165, 1.54) is 6.07 Å². The van der Waals surface area contributed by atoms with E-state index in [1.807, 2.05) is 0 Å². The molecule has 0 N–H and O–H groups in total. The van der Waals surface area contributed by atoms with Crippen LogP contribution >= 0.6 is 12.6 Å². The molecule has 15 heavy (non-hydrogen) atoms. The summed E-state index contributed by atoms with van der Waals surface area (Å²) in [4.78, 5) is 11.6. The monoisotopic (exact) mass is 225 g/mol. The molecule has 1 aromatic carbocycles. The molecule has 1 aromatic rings. The van der Waals surface area contributed by atoms with E-state index in [4.69, 9.17) is 5.26 Å². The number of rotatable bonds is 2. The number of carbonyl (C=O) groups excluding carboxylic acids is 1. The van der Waals surface area contributed by atoms with Crippen molar-refractivity contribution in [3.8, 4) is 6.07 Å². The Morgan fingerprint density at radius 1 is 1.67 bits per heavy atom. The molecular weight excluding hydrogens is 217 g/mol. The fourth-order valence-corrected chi connectivity index (χ4v) is 1.33. The molecule has 0 atom stereocenters. The Labute approximate surface area is 91.9 Å². The van der Waals surface area contributed by atoms with Gasteiger partial charge in [0.15, 0.2) is 0 Å². The van der Waals surface area contributed by atoms with Gasteiger partial charge >= 0.3 is 5.97 Å². The Kier molecular flexibility index (Phi) is 3.69. The minimum Gasteiger partial charge on any atom is -0.462 e. The average molecular weight is 225 g/mol. The molecule has 0 aromatic heterocycles. The number of nitriles is 1. The third-order valence-electron chi connectivity index (χ3n) is 1.68. The Hall–Kier alpha value is -1.54. The molecule has 1 rings (SSSR count). The van der Waals surface area contributed by atoms with Crippen LogP contribution in [0.15, 0.2) is 17.0 Å². The number of benzene rings is 1. The molecule has 78 valence electrons. The van der Waals surface area contributed by atoms with Crippen molar-refractivity contribution in [2.75, 3.05) is 6.61 Å². The lowest BCUT2D eigenvalue weighted by Gasteiger charge is -2.05. The fourth-order valence-electron chi connectivity index (χ4n) is 1.09. The number of ether oxygens (including phenoxy) is 1. The smallest absolute Gasteiger partial charge is 0.342 e. The highest BCUT2D eigenvalue weighted by molar-refractivity contribution is 7.80. The Bertz CT molecular complexity index is 440. The summed E-state index contributed by atoms with van der Waals surface area (Å²) in [7, 11) is 0. The normalized spacial score (nSPS) is 9.47. The van der Waals surface area contributed by atoms with Gasteiger partial charge in [-0.3, -0.25) is 0 Å². The Balaban J connectivity index is 3.28. The molecule has 0 aliphatic carbocycles. The summed E-state index contributed by atoms with van der Waals surface area (Å²) in [5.41, 5.74) is -0.407. The molecule has 0 bridgehead atoms. The van der Waals surface area contributed by atoms with Gasteiger partial charge in [0.25, 0.3) is 0 Å². The van der Waals surface area contributed by atoms with Gasteiger partial charge < -0.3 is 4.74 Å². The van der Waals surface area contributed by atoms with Gasteiger partial charge in [0.2, 0.25) is 0 Å². The van der Waals surface area contributed by atoms with Crippen LogP contribution in [0.2, 0.25) is 0 Å². The molecule has 0 aliphatic heterocycles. The summed E-state index contributed by atoms with van der Waals surface area (Å²) < 4.78 is 18.0. The Morgan fingerprint density at radius 3 is 2.87 bits per heavy atom. The average Bonchev–Trinajstić information content (AvgIpc) is 2.16. The summed E-state index contributed by atoms with van der Waals surface area (Å²) in [6.07, 6.45) is 0. The third kappa shape index (κ3) is 2.48. The molecule has 0 amide bonds. The maximum Gasteiger partial charge on any atom is 0.342 e. The molecular formula is C10H8FNO2S. The summed E-state index contributed by atoms with van der Waals surface area (Å²) in [6.45, 7) is 1.74. The topological polar surface area (TPSA) is 50.1 Å². The zero-order valence-electron chi connectivity index (χ0n) is 7.95. The lowest BCUT2D eigenvalue weighted by Crippen LogP contribution is -2.09. The maximum absolute atomic E-state index is 13.4. The molecule has 0 radical (unpaired) electrons. The van der Waals surface area contributed by atoms with Gasteiger partial charge in [0.1, 0.15) is 17.4 Å². The summed E-state index contributed by atoms with van der Waals surface area (Å²) in [5.74, 6) is -1.63. The predicted molar refractivity (Wildman–Crippen MR) is 54.3 cm³/mol. The number of halogens is 1. The number of hydrogen-bond donors (Lipinski definition) is 1. The van der Waals surface area contributed by atoms with Crippen molar-refractivity contribution in [1.29, 1.82) is 5.26 Å². The number of hydrogen-bond acceptors (Lipinski definition) is 4. The number of carbonyl (C=O) groups is 1. The van der Waals surface area contributed by atoms with Crippen molar-refractivity contribution in [2.24, 2.45) is 0 Å². The second-order valence-corrected chi connectivity index (χ2v) is 3.20. The van der Waals surface area contributed by atoms with Crippen LogP contribution < -0.4 is 0 Å². The molecule has 5 heteroatoms. The molecule has 0 saturated heterocycles. The maximum atomic E-state index is 13.4. The van der Waals surface area contributed by atoms with E-state index in [0.717, 1.165) is 6.07 Å². The second-order valence-electron chi connectivity index (χ2n) is 2.68. The van der Waals surface area contributed by atoms with E-state index in [9.17, 15) is 9.18 Å². The van der Waals surface area contributed by atoms with Crippen LogP contribution in [0.25, 0.3) is 0 Å². The molecule has 0 spiro atoms.